The number of aryl methyl sites for hydroxylation is 1. The summed E-state index contributed by atoms with van der Waals surface area (Å²) in [5, 5.41) is 3.33. The number of hydrogen-bond acceptors (Lipinski definition) is 4. The second-order valence-electron chi connectivity index (χ2n) is 5.46. The summed E-state index contributed by atoms with van der Waals surface area (Å²) < 4.78 is 0. The van der Waals surface area contributed by atoms with E-state index < -0.39 is 0 Å². The van der Waals surface area contributed by atoms with Crippen LogP contribution in [0.4, 0.5) is 0 Å². The Morgan fingerprint density at radius 2 is 2.04 bits per heavy atom. The van der Waals surface area contributed by atoms with Crippen molar-refractivity contribution in [1.82, 2.24) is 15.3 Å². The van der Waals surface area contributed by atoms with Crippen LogP contribution in [0.15, 0.2) is 40.2 Å². The Hall–Kier alpha value is -2.67. The Labute approximate surface area is 141 Å². The average Bonchev–Trinajstić information content (AvgIpc) is 2.58. The molecule has 0 aliphatic heterocycles. The highest BCUT2D eigenvalue weighted by atomic mass is 16.1. The molecule has 0 unspecified atom stereocenters. The van der Waals surface area contributed by atoms with Gasteiger partial charge in [-0.25, -0.2) is 4.98 Å². The lowest BCUT2D eigenvalue weighted by atomic mass is 10.1. The summed E-state index contributed by atoms with van der Waals surface area (Å²) in [7, 11) is 0. The molecule has 7 heteroatoms. The third-order valence-corrected chi connectivity index (χ3v) is 3.59. The molecule has 0 amide bonds. The van der Waals surface area contributed by atoms with Gasteiger partial charge in [0.2, 0.25) is 0 Å². The lowest BCUT2D eigenvalue weighted by molar-refractivity contribution is 0.655. The summed E-state index contributed by atoms with van der Waals surface area (Å²) in [5.74, 6) is 0.826. The van der Waals surface area contributed by atoms with Crippen molar-refractivity contribution in [3.05, 3.63) is 52.2 Å². The Morgan fingerprint density at radius 1 is 1.29 bits per heavy atom. The molecule has 0 fully saturated rings. The molecule has 7 nitrogen and oxygen atoms in total. The summed E-state index contributed by atoms with van der Waals surface area (Å²) >= 11 is 0. The number of H-pyrrole nitrogens is 1. The van der Waals surface area contributed by atoms with Crippen LogP contribution in [0.2, 0.25) is 0 Å². The highest BCUT2D eigenvalue weighted by Gasteiger charge is 2.05. The molecule has 0 saturated heterocycles. The molecule has 1 aromatic carbocycles. The maximum Gasteiger partial charge on any atom is 0.258 e. The first-order valence-electron chi connectivity index (χ1n) is 8.03. The molecule has 2 aromatic rings. The topological polar surface area (TPSA) is 122 Å². The van der Waals surface area contributed by atoms with E-state index in [9.17, 15) is 4.79 Å². The van der Waals surface area contributed by atoms with Crippen LogP contribution in [0.25, 0.3) is 11.1 Å². The molecular formula is C17H24N6O. The van der Waals surface area contributed by atoms with Gasteiger partial charge in [-0.15, -0.1) is 0 Å². The van der Waals surface area contributed by atoms with Gasteiger partial charge in [-0.1, -0.05) is 31.2 Å². The first-order valence-corrected chi connectivity index (χ1v) is 8.03. The van der Waals surface area contributed by atoms with Crippen molar-refractivity contribution < 1.29 is 0 Å². The molecule has 1 aromatic heterocycles. The summed E-state index contributed by atoms with van der Waals surface area (Å²) in [6.45, 7) is 4.17. The van der Waals surface area contributed by atoms with E-state index >= 15 is 0 Å². The minimum absolute atomic E-state index is 0.104. The van der Waals surface area contributed by atoms with Gasteiger partial charge >= 0.3 is 0 Å². The number of aromatic amines is 1. The number of nitrogens with zero attached hydrogens (tertiary/aromatic N) is 2. The molecule has 0 aliphatic rings. The maximum atomic E-state index is 12.1. The predicted molar refractivity (Wildman–Crippen MR) is 96.7 cm³/mol. The van der Waals surface area contributed by atoms with Crippen molar-refractivity contribution in [2.45, 2.75) is 26.3 Å². The molecule has 0 radical (unpaired) electrons. The fourth-order valence-corrected chi connectivity index (χ4v) is 2.26. The van der Waals surface area contributed by atoms with Crippen LogP contribution >= 0.6 is 0 Å². The maximum absolute atomic E-state index is 12.1. The monoisotopic (exact) mass is 328 g/mol. The van der Waals surface area contributed by atoms with Crippen LogP contribution in [-0.2, 0) is 13.0 Å². The Morgan fingerprint density at radius 3 is 2.67 bits per heavy atom. The number of nitrogens with two attached hydrogens (primary N) is 2. The highest BCUT2D eigenvalue weighted by molar-refractivity contribution is 5.75. The smallest absolute Gasteiger partial charge is 0.258 e. The highest BCUT2D eigenvalue weighted by Crippen LogP contribution is 2.15. The minimum atomic E-state index is -0.104. The Kier molecular flexibility index (Phi) is 6.51. The lowest BCUT2D eigenvalue weighted by Crippen LogP contribution is -2.23. The second kappa shape index (κ2) is 8.83. The van der Waals surface area contributed by atoms with Crippen molar-refractivity contribution >= 4 is 5.96 Å². The predicted octanol–water partition coefficient (Wildman–Crippen LogP) is 0.752. The van der Waals surface area contributed by atoms with Gasteiger partial charge in [0.25, 0.3) is 5.56 Å². The Balaban J connectivity index is 1.89. The van der Waals surface area contributed by atoms with Gasteiger partial charge in [-0.05, 0) is 24.1 Å². The summed E-state index contributed by atoms with van der Waals surface area (Å²) in [5.41, 5.74) is 13.0. The number of hydrogen-bond donors (Lipinski definition) is 4. The molecular weight excluding hydrogens is 304 g/mol. The lowest BCUT2D eigenvalue weighted by Gasteiger charge is -2.06. The van der Waals surface area contributed by atoms with E-state index in [4.69, 9.17) is 11.5 Å². The number of aromatic nitrogens is 2. The van der Waals surface area contributed by atoms with Crippen LogP contribution in [0.3, 0.4) is 0 Å². The quantitative estimate of drug-likeness (QED) is 0.324. The van der Waals surface area contributed by atoms with E-state index in [-0.39, 0.29) is 11.5 Å². The van der Waals surface area contributed by atoms with Gasteiger partial charge in [0, 0.05) is 25.7 Å². The van der Waals surface area contributed by atoms with Gasteiger partial charge in [-0.2, -0.15) is 0 Å². The van der Waals surface area contributed by atoms with Crippen LogP contribution in [0, 0.1) is 0 Å². The number of rotatable bonds is 8. The fraction of sp³-hybridized carbons (Fsp3) is 0.353. The molecule has 0 atom stereocenters. The fourth-order valence-electron chi connectivity index (χ4n) is 2.26. The van der Waals surface area contributed by atoms with Gasteiger partial charge < -0.3 is 21.8 Å². The first kappa shape index (κ1) is 17.7. The standard InChI is InChI=1S/C17H24N6O/c1-2-15-22-11-14(16(24)23-15)13-6-4-12(5-7-13)10-20-8-3-9-21-17(18)19/h4-7,11,20H,2-3,8-10H2,1H3,(H4,18,19,21)(H,22,23,24). The van der Waals surface area contributed by atoms with Crippen LogP contribution in [0.1, 0.15) is 24.7 Å². The van der Waals surface area contributed by atoms with Crippen molar-refractivity contribution in [1.29, 1.82) is 0 Å². The molecule has 1 heterocycles. The summed E-state index contributed by atoms with van der Waals surface area (Å²) in [6, 6.07) is 7.89. The van der Waals surface area contributed by atoms with Gasteiger partial charge in [-0.3, -0.25) is 9.79 Å². The van der Waals surface area contributed by atoms with Crippen LogP contribution in [0.5, 0.6) is 0 Å². The zero-order valence-corrected chi connectivity index (χ0v) is 13.9. The van der Waals surface area contributed by atoms with E-state index in [1.807, 2.05) is 31.2 Å². The number of benzene rings is 1. The molecule has 24 heavy (non-hydrogen) atoms. The summed E-state index contributed by atoms with van der Waals surface area (Å²) in [6.07, 6.45) is 3.22. The van der Waals surface area contributed by atoms with Crippen molar-refractivity contribution in [2.75, 3.05) is 13.1 Å². The molecule has 0 saturated carbocycles. The number of nitrogens with one attached hydrogen (secondary N) is 2. The largest absolute Gasteiger partial charge is 0.370 e. The molecule has 6 N–H and O–H groups in total. The van der Waals surface area contributed by atoms with Crippen LogP contribution < -0.4 is 22.3 Å². The normalized spacial score (nSPS) is 10.5. The molecule has 0 spiro atoms. The minimum Gasteiger partial charge on any atom is -0.370 e. The van der Waals surface area contributed by atoms with E-state index in [0.717, 1.165) is 30.6 Å². The third kappa shape index (κ3) is 5.20. The van der Waals surface area contributed by atoms with Crippen molar-refractivity contribution in [2.24, 2.45) is 16.5 Å². The van der Waals surface area contributed by atoms with Crippen molar-refractivity contribution in [3.63, 3.8) is 0 Å². The zero-order valence-electron chi connectivity index (χ0n) is 13.9. The average molecular weight is 328 g/mol. The van der Waals surface area contributed by atoms with E-state index in [1.165, 1.54) is 0 Å². The zero-order chi connectivity index (χ0) is 17.4. The molecule has 2 rings (SSSR count). The molecule has 0 aliphatic carbocycles. The van der Waals surface area contributed by atoms with Crippen LogP contribution in [-0.4, -0.2) is 29.0 Å². The van der Waals surface area contributed by atoms with Gasteiger partial charge in [0.05, 0.1) is 5.56 Å². The van der Waals surface area contributed by atoms with Gasteiger partial charge in [0.1, 0.15) is 5.82 Å². The van der Waals surface area contributed by atoms with Gasteiger partial charge in [0.15, 0.2) is 5.96 Å². The second-order valence-corrected chi connectivity index (χ2v) is 5.46. The third-order valence-electron chi connectivity index (χ3n) is 3.59. The number of guanidine groups is 1. The summed E-state index contributed by atoms with van der Waals surface area (Å²) in [4.78, 5) is 23.0. The SMILES string of the molecule is CCc1ncc(-c2ccc(CNCCCN=C(N)N)cc2)c(=O)[nH]1. The van der Waals surface area contributed by atoms with E-state index in [1.54, 1.807) is 6.20 Å². The van der Waals surface area contributed by atoms with Crippen molar-refractivity contribution in [3.8, 4) is 11.1 Å². The Bertz CT molecular complexity index is 731. The van der Waals surface area contributed by atoms with E-state index in [0.29, 0.717) is 24.4 Å². The molecule has 0 bridgehead atoms. The first-order chi connectivity index (χ1) is 11.6. The van der Waals surface area contributed by atoms with E-state index in [2.05, 4.69) is 20.3 Å². The number of aliphatic imine (C=N–C) groups is 1. The molecule has 128 valence electrons.